The third-order valence-corrected chi connectivity index (χ3v) is 3.43. The Morgan fingerprint density at radius 3 is 1.33 bits per heavy atom. The second kappa shape index (κ2) is 11.6. The van der Waals surface area contributed by atoms with Gasteiger partial charge in [-0.2, -0.15) is 18.2 Å². The van der Waals surface area contributed by atoms with E-state index >= 15 is 0 Å². The zero-order chi connectivity index (χ0) is 16.3. The molecule has 1 N–H and O–H groups in total. The normalized spacial score (nSPS) is 10.3. The van der Waals surface area contributed by atoms with Crippen molar-refractivity contribution in [3.8, 4) is 5.75 Å². The summed E-state index contributed by atoms with van der Waals surface area (Å²) in [6.45, 7) is 14.9. The van der Waals surface area contributed by atoms with Crippen LogP contribution < -0.4 is 34.0 Å². The van der Waals surface area contributed by atoms with Gasteiger partial charge in [-0.1, -0.05) is 59.2 Å². The third-order valence-electron chi connectivity index (χ3n) is 3.43. The van der Waals surface area contributed by atoms with Gasteiger partial charge < -0.3 is 39.1 Å². The van der Waals surface area contributed by atoms with Crippen LogP contribution in [0.3, 0.4) is 0 Å². The van der Waals surface area contributed by atoms with E-state index in [2.05, 4.69) is 60.6 Å². The van der Waals surface area contributed by atoms with E-state index in [1.165, 1.54) is 5.56 Å². The summed E-state index contributed by atoms with van der Waals surface area (Å²) in [7, 11) is 0. The minimum atomic E-state index is -0.0178. The van der Waals surface area contributed by atoms with Crippen molar-refractivity contribution < 1.29 is 60.8 Å². The van der Waals surface area contributed by atoms with Crippen LogP contribution in [0.25, 0.3) is 0 Å². The largest absolute Gasteiger partial charge is 3.00 e. The standard InChI is InChI=1S/C15H24O.C5H5.2BrH.Ti/c1-10-8-11(14(2,3)4)13(16)12(9-10)15(5,6)7;1-2-4-5-3-1;;;/h8-9,16H,1-7H3;1-5H;2*1H;/q;-1;;;+3/p-2. The molecule has 24 heavy (non-hydrogen) atoms. The Morgan fingerprint density at radius 2 is 1.12 bits per heavy atom. The van der Waals surface area contributed by atoms with Crippen molar-refractivity contribution in [1.82, 2.24) is 0 Å². The number of aromatic hydroxyl groups is 1. The van der Waals surface area contributed by atoms with Crippen molar-refractivity contribution in [1.29, 1.82) is 0 Å². The summed E-state index contributed by atoms with van der Waals surface area (Å²) >= 11 is 0. The first-order chi connectivity index (χ1) is 9.53. The maximum atomic E-state index is 10.4. The van der Waals surface area contributed by atoms with Crippen molar-refractivity contribution in [3.05, 3.63) is 59.2 Å². The molecule has 0 aliphatic heterocycles. The number of hydrogen-bond donors (Lipinski definition) is 1. The van der Waals surface area contributed by atoms with E-state index in [-0.39, 0.29) is 66.5 Å². The van der Waals surface area contributed by atoms with Gasteiger partial charge in [-0.3, -0.25) is 0 Å². The summed E-state index contributed by atoms with van der Waals surface area (Å²) in [5.74, 6) is 0.464. The van der Waals surface area contributed by atoms with Crippen LogP contribution >= 0.6 is 0 Å². The van der Waals surface area contributed by atoms with Gasteiger partial charge in [-0.25, -0.2) is 12.1 Å². The quantitative estimate of drug-likeness (QED) is 0.396. The second-order valence-electron chi connectivity index (χ2n) is 7.67. The number of phenolic OH excluding ortho intramolecular Hbond substituents is 1. The molecule has 0 aliphatic rings. The molecule has 0 saturated heterocycles. The Kier molecular flexibility index (Phi) is 14.0. The number of phenols is 1. The molecule has 0 atom stereocenters. The first-order valence-corrected chi connectivity index (χ1v) is 7.54. The number of hydrogen-bond acceptors (Lipinski definition) is 1. The van der Waals surface area contributed by atoms with Gasteiger partial charge in [0.15, 0.2) is 0 Å². The van der Waals surface area contributed by atoms with Crippen LogP contribution in [0.1, 0.15) is 58.2 Å². The van der Waals surface area contributed by atoms with Crippen LogP contribution in [0.4, 0.5) is 0 Å². The van der Waals surface area contributed by atoms with E-state index in [1.807, 2.05) is 30.3 Å². The minimum absolute atomic E-state index is 0. The van der Waals surface area contributed by atoms with E-state index in [0.29, 0.717) is 5.75 Å². The van der Waals surface area contributed by atoms with Gasteiger partial charge in [-0.15, -0.1) is 0 Å². The molecule has 133 valence electrons. The molecule has 0 amide bonds. The average Bonchev–Trinajstić information content (AvgIpc) is 2.87. The summed E-state index contributed by atoms with van der Waals surface area (Å²) in [5.41, 5.74) is 3.26. The molecule has 0 bridgehead atoms. The van der Waals surface area contributed by atoms with Gasteiger partial charge in [0, 0.05) is 0 Å². The summed E-state index contributed by atoms with van der Waals surface area (Å²) in [6, 6.07) is 14.2. The minimum Gasteiger partial charge on any atom is -1.00 e. The Labute approximate surface area is 184 Å². The first kappa shape index (κ1) is 28.8. The van der Waals surface area contributed by atoms with Crippen molar-refractivity contribution in [3.63, 3.8) is 0 Å². The first-order valence-electron chi connectivity index (χ1n) is 7.54. The maximum Gasteiger partial charge on any atom is 3.00 e. The van der Waals surface area contributed by atoms with Crippen molar-refractivity contribution >= 4 is 0 Å². The van der Waals surface area contributed by atoms with E-state index in [4.69, 9.17) is 0 Å². The van der Waals surface area contributed by atoms with Gasteiger partial charge in [0.2, 0.25) is 0 Å². The molecule has 0 aliphatic carbocycles. The second-order valence-corrected chi connectivity index (χ2v) is 7.67. The Morgan fingerprint density at radius 1 is 0.792 bits per heavy atom. The molecule has 0 heterocycles. The van der Waals surface area contributed by atoms with Gasteiger partial charge in [0.25, 0.3) is 0 Å². The average molecular weight is 493 g/mol. The molecule has 2 aromatic rings. The van der Waals surface area contributed by atoms with Crippen molar-refractivity contribution in [2.45, 2.75) is 59.3 Å². The Hall–Kier alpha value is 0.0443. The molecule has 0 aromatic heterocycles. The fourth-order valence-electron chi connectivity index (χ4n) is 2.24. The predicted molar refractivity (Wildman–Crippen MR) is 92.3 cm³/mol. The van der Waals surface area contributed by atoms with E-state index < -0.39 is 0 Å². The molecular formula is C20H29Br2OTi. The molecule has 4 heteroatoms. The van der Waals surface area contributed by atoms with Gasteiger partial charge in [0.05, 0.1) is 0 Å². The van der Waals surface area contributed by atoms with Crippen LogP contribution in [0.15, 0.2) is 42.5 Å². The summed E-state index contributed by atoms with van der Waals surface area (Å²) in [6.07, 6.45) is 0. The Balaban J connectivity index is -0.000000475. The van der Waals surface area contributed by atoms with Crippen molar-refractivity contribution in [2.24, 2.45) is 0 Å². The van der Waals surface area contributed by atoms with E-state index in [1.54, 1.807) is 0 Å². The third kappa shape index (κ3) is 8.94. The van der Waals surface area contributed by atoms with E-state index in [0.717, 1.165) is 11.1 Å². The summed E-state index contributed by atoms with van der Waals surface area (Å²) in [4.78, 5) is 0. The summed E-state index contributed by atoms with van der Waals surface area (Å²) in [5, 5.41) is 10.4. The van der Waals surface area contributed by atoms with Crippen LogP contribution in [-0.2, 0) is 32.5 Å². The number of aryl methyl sites for hydroxylation is 1. The van der Waals surface area contributed by atoms with Gasteiger partial charge >= 0.3 is 21.7 Å². The molecule has 0 saturated carbocycles. The van der Waals surface area contributed by atoms with Crippen molar-refractivity contribution in [2.75, 3.05) is 0 Å². The number of rotatable bonds is 0. The molecule has 0 spiro atoms. The zero-order valence-electron chi connectivity index (χ0n) is 15.7. The van der Waals surface area contributed by atoms with Gasteiger partial charge in [0.1, 0.15) is 5.75 Å². The summed E-state index contributed by atoms with van der Waals surface area (Å²) < 4.78 is 0. The predicted octanol–water partition coefficient (Wildman–Crippen LogP) is -0.293. The molecule has 2 aromatic carbocycles. The zero-order valence-corrected chi connectivity index (χ0v) is 20.5. The van der Waals surface area contributed by atoms with Crippen LogP contribution in [-0.4, -0.2) is 5.11 Å². The number of benzene rings is 1. The van der Waals surface area contributed by atoms with Gasteiger partial charge in [-0.05, 0) is 28.9 Å². The molecule has 0 fully saturated rings. The topological polar surface area (TPSA) is 20.2 Å². The number of halogens is 2. The van der Waals surface area contributed by atoms with Crippen LogP contribution in [0.2, 0.25) is 0 Å². The molecule has 1 radical (unpaired) electrons. The Bertz CT molecular complexity index is 512. The maximum absolute atomic E-state index is 10.4. The van der Waals surface area contributed by atoms with Crippen LogP contribution in [0.5, 0.6) is 5.75 Å². The molecule has 0 unspecified atom stereocenters. The van der Waals surface area contributed by atoms with E-state index in [9.17, 15) is 5.11 Å². The molecular weight excluding hydrogens is 464 g/mol. The smallest absolute Gasteiger partial charge is 1.00 e. The monoisotopic (exact) mass is 491 g/mol. The fourth-order valence-corrected chi connectivity index (χ4v) is 2.24. The van der Waals surface area contributed by atoms with Crippen LogP contribution in [0, 0.1) is 6.92 Å². The molecule has 1 nitrogen and oxygen atoms in total. The molecule has 2 rings (SSSR count). The fraction of sp³-hybridized carbons (Fsp3) is 0.450. The SMILES string of the molecule is Cc1cc(C(C)(C)C)c(O)c(C(C)(C)C)c1.[Br-].[Br-].[Ti+3].c1cc[cH-]c1.